The van der Waals surface area contributed by atoms with Crippen molar-refractivity contribution in [3.05, 3.63) is 28.8 Å². The number of methoxy groups -OCH3 is 1. The smallest absolute Gasteiger partial charge is 0.255 e. The van der Waals surface area contributed by atoms with Gasteiger partial charge in [-0.3, -0.25) is 9.59 Å². The van der Waals surface area contributed by atoms with E-state index in [0.29, 0.717) is 16.3 Å². The summed E-state index contributed by atoms with van der Waals surface area (Å²) in [4.78, 5) is 25.7. The van der Waals surface area contributed by atoms with Crippen LogP contribution in [0.5, 0.6) is 5.75 Å². The molecule has 1 aliphatic rings. The van der Waals surface area contributed by atoms with Crippen molar-refractivity contribution in [2.75, 3.05) is 26.7 Å². The number of rotatable bonds is 4. The molecule has 1 aromatic carbocycles. The van der Waals surface area contributed by atoms with E-state index in [4.69, 9.17) is 16.3 Å². The van der Waals surface area contributed by atoms with E-state index in [0.717, 1.165) is 25.9 Å². The Kier molecular flexibility index (Phi) is 4.84. The van der Waals surface area contributed by atoms with Crippen LogP contribution in [0.25, 0.3) is 0 Å². The Morgan fingerprint density at radius 3 is 2.70 bits per heavy atom. The molecule has 1 aliphatic heterocycles. The van der Waals surface area contributed by atoms with Gasteiger partial charge in [-0.1, -0.05) is 11.6 Å². The third kappa shape index (κ3) is 3.42. The zero-order valence-electron chi connectivity index (χ0n) is 11.3. The molecular formula is C14H17ClN2O3. The molecular weight excluding hydrogens is 280 g/mol. The van der Waals surface area contributed by atoms with Crippen LogP contribution in [0.15, 0.2) is 18.2 Å². The van der Waals surface area contributed by atoms with Gasteiger partial charge in [-0.05, 0) is 31.0 Å². The second-order valence-electron chi connectivity index (χ2n) is 4.62. The quantitative estimate of drug-likeness (QED) is 0.920. The average Bonchev–Trinajstić information content (AvgIpc) is 2.98. The third-order valence-corrected chi connectivity index (χ3v) is 3.50. The number of hydrogen-bond donors (Lipinski definition) is 1. The molecule has 2 amide bonds. The van der Waals surface area contributed by atoms with E-state index in [-0.39, 0.29) is 18.4 Å². The summed E-state index contributed by atoms with van der Waals surface area (Å²) in [5.41, 5.74) is 0.328. The molecule has 20 heavy (non-hydrogen) atoms. The fraction of sp³-hybridized carbons (Fsp3) is 0.429. The monoisotopic (exact) mass is 296 g/mol. The lowest BCUT2D eigenvalue weighted by atomic mass is 10.2. The Morgan fingerprint density at radius 2 is 2.05 bits per heavy atom. The molecule has 1 aromatic rings. The van der Waals surface area contributed by atoms with E-state index in [2.05, 4.69) is 5.32 Å². The maximum Gasteiger partial charge on any atom is 0.255 e. The number of likely N-dealkylation sites (tertiary alicyclic amines) is 1. The van der Waals surface area contributed by atoms with Crippen molar-refractivity contribution >= 4 is 23.4 Å². The highest BCUT2D eigenvalue weighted by Crippen LogP contribution is 2.22. The van der Waals surface area contributed by atoms with Crippen LogP contribution in [0.1, 0.15) is 23.2 Å². The molecule has 0 aliphatic carbocycles. The Balaban J connectivity index is 1.97. The molecule has 0 bridgehead atoms. The number of nitrogens with one attached hydrogen (secondary N) is 1. The van der Waals surface area contributed by atoms with Crippen LogP contribution >= 0.6 is 11.6 Å². The van der Waals surface area contributed by atoms with Gasteiger partial charge >= 0.3 is 0 Å². The molecule has 0 spiro atoms. The fourth-order valence-corrected chi connectivity index (χ4v) is 2.36. The van der Waals surface area contributed by atoms with Gasteiger partial charge in [0.2, 0.25) is 5.91 Å². The SMILES string of the molecule is COc1ccc(Cl)cc1C(=O)NCC(=O)N1CCCC1. The maximum absolute atomic E-state index is 12.1. The van der Waals surface area contributed by atoms with Crippen LogP contribution in [-0.2, 0) is 4.79 Å². The lowest BCUT2D eigenvalue weighted by Gasteiger charge is -2.16. The summed E-state index contributed by atoms with van der Waals surface area (Å²) in [6.45, 7) is 1.54. The largest absolute Gasteiger partial charge is 0.496 e. The van der Waals surface area contributed by atoms with Crippen LogP contribution in [0.3, 0.4) is 0 Å². The Morgan fingerprint density at radius 1 is 1.35 bits per heavy atom. The number of carbonyl (C=O) groups excluding carboxylic acids is 2. The van der Waals surface area contributed by atoms with E-state index in [1.165, 1.54) is 13.2 Å². The molecule has 1 heterocycles. The van der Waals surface area contributed by atoms with Gasteiger partial charge in [-0.2, -0.15) is 0 Å². The molecule has 0 aromatic heterocycles. The average molecular weight is 297 g/mol. The van der Waals surface area contributed by atoms with Gasteiger partial charge in [-0.15, -0.1) is 0 Å². The van der Waals surface area contributed by atoms with E-state index >= 15 is 0 Å². The van der Waals surface area contributed by atoms with Crippen LogP contribution < -0.4 is 10.1 Å². The summed E-state index contributed by atoms with van der Waals surface area (Å²) >= 11 is 5.87. The Labute approximate surface area is 122 Å². The highest BCUT2D eigenvalue weighted by molar-refractivity contribution is 6.31. The molecule has 5 nitrogen and oxygen atoms in total. The molecule has 0 radical (unpaired) electrons. The molecule has 0 saturated carbocycles. The van der Waals surface area contributed by atoms with Crippen LogP contribution in [0.4, 0.5) is 0 Å². The number of halogens is 1. The zero-order valence-corrected chi connectivity index (χ0v) is 12.1. The maximum atomic E-state index is 12.1. The summed E-state index contributed by atoms with van der Waals surface area (Å²) in [5.74, 6) is 0.00858. The van der Waals surface area contributed by atoms with Crippen molar-refractivity contribution in [3.8, 4) is 5.75 Å². The van der Waals surface area contributed by atoms with E-state index < -0.39 is 0 Å². The van der Waals surface area contributed by atoms with Crippen molar-refractivity contribution in [1.82, 2.24) is 10.2 Å². The second kappa shape index (κ2) is 6.61. The van der Waals surface area contributed by atoms with Crippen molar-refractivity contribution in [2.45, 2.75) is 12.8 Å². The van der Waals surface area contributed by atoms with Crippen molar-refractivity contribution in [3.63, 3.8) is 0 Å². The van der Waals surface area contributed by atoms with Gasteiger partial charge in [0.15, 0.2) is 0 Å². The first-order chi connectivity index (χ1) is 9.61. The first kappa shape index (κ1) is 14.7. The number of benzene rings is 1. The molecule has 1 saturated heterocycles. The molecule has 0 unspecified atom stereocenters. The van der Waals surface area contributed by atoms with E-state index in [1.807, 2.05) is 0 Å². The number of carbonyl (C=O) groups is 2. The van der Waals surface area contributed by atoms with Crippen molar-refractivity contribution in [2.24, 2.45) is 0 Å². The minimum atomic E-state index is -0.364. The lowest BCUT2D eigenvalue weighted by Crippen LogP contribution is -2.38. The Bertz CT molecular complexity index is 513. The van der Waals surface area contributed by atoms with Gasteiger partial charge in [0.05, 0.1) is 19.2 Å². The summed E-state index contributed by atoms with van der Waals surface area (Å²) in [7, 11) is 1.48. The lowest BCUT2D eigenvalue weighted by molar-refractivity contribution is -0.129. The number of nitrogens with zero attached hydrogens (tertiary/aromatic N) is 1. The number of amides is 2. The van der Waals surface area contributed by atoms with Gasteiger partial charge in [0, 0.05) is 18.1 Å². The van der Waals surface area contributed by atoms with Crippen molar-refractivity contribution in [1.29, 1.82) is 0 Å². The van der Waals surface area contributed by atoms with Gasteiger partial charge < -0.3 is 15.0 Å². The molecule has 6 heteroatoms. The van der Waals surface area contributed by atoms with E-state index in [1.54, 1.807) is 17.0 Å². The van der Waals surface area contributed by atoms with Gasteiger partial charge in [0.1, 0.15) is 5.75 Å². The second-order valence-corrected chi connectivity index (χ2v) is 5.05. The minimum absolute atomic E-state index is 0.00546. The summed E-state index contributed by atoms with van der Waals surface area (Å²) < 4.78 is 5.11. The zero-order chi connectivity index (χ0) is 14.5. The number of hydrogen-bond acceptors (Lipinski definition) is 3. The summed E-state index contributed by atoms with van der Waals surface area (Å²) in [5, 5.41) is 3.05. The van der Waals surface area contributed by atoms with Crippen LogP contribution in [-0.4, -0.2) is 43.5 Å². The highest BCUT2D eigenvalue weighted by Gasteiger charge is 2.19. The van der Waals surface area contributed by atoms with E-state index in [9.17, 15) is 9.59 Å². The predicted molar refractivity (Wildman–Crippen MR) is 76.2 cm³/mol. The summed E-state index contributed by atoms with van der Waals surface area (Å²) in [6.07, 6.45) is 2.06. The normalized spacial score (nSPS) is 14.2. The number of ether oxygens (including phenoxy) is 1. The van der Waals surface area contributed by atoms with Gasteiger partial charge in [0.25, 0.3) is 5.91 Å². The predicted octanol–water partition coefficient (Wildman–Crippen LogP) is 1.70. The Hall–Kier alpha value is -1.75. The molecule has 1 N–H and O–H groups in total. The summed E-state index contributed by atoms with van der Waals surface area (Å²) in [6, 6.07) is 4.79. The topological polar surface area (TPSA) is 58.6 Å². The molecule has 0 atom stereocenters. The molecule has 2 rings (SSSR count). The molecule has 108 valence electrons. The first-order valence-electron chi connectivity index (χ1n) is 6.51. The van der Waals surface area contributed by atoms with Crippen molar-refractivity contribution < 1.29 is 14.3 Å². The highest BCUT2D eigenvalue weighted by atomic mass is 35.5. The molecule has 1 fully saturated rings. The standard InChI is InChI=1S/C14H17ClN2O3/c1-20-12-5-4-10(15)8-11(12)14(19)16-9-13(18)17-6-2-3-7-17/h4-5,8H,2-3,6-7,9H2,1H3,(H,16,19). The van der Waals surface area contributed by atoms with Gasteiger partial charge in [-0.25, -0.2) is 0 Å². The minimum Gasteiger partial charge on any atom is -0.496 e. The first-order valence-corrected chi connectivity index (χ1v) is 6.89. The van der Waals surface area contributed by atoms with Crippen LogP contribution in [0, 0.1) is 0 Å². The third-order valence-electron chi connectivity index (χ3n) is 3.27. The van der Waals surface area contributed by atoms with Crippen LogP contribution in [0.2, 0.25) is 5.02 Å². The fourth-order valence-electron chi connectivity index (χ4n) is 2.19.